The Kier molecular flexibility index (Phi) is 10.4. The molecule has 6 aliphatic heterocycles. The summed E-state index contributed by atoms with van der Waals surface area (Å²) < 4.78 is 21.6. The number of carbonyl (C=O) groups excluding carboxylic acids is 5. The van der Waals surface area contributed by atoms with Crippen LogP contribution in [-0.2, 0) is 9.59 Å². The molecule has 306 valence electrons. The first-order valence-electron chi connectivity index (χ1n) is 20.3. The fourth-order valence-electron chi connectivity index (χ4n) is 9.60. The number of amides is 5. The van der Waals surface area contributed by atoms with Gasteiger partial charge in [0, 0.05) is 63.3 Å². The van der Waals surface area contributed by atoms with Crippen molar-refractivity contribution in [1.29, 1.82) is 5.26 Å². The molecule has 5 saturated heterocycles. The smallest absolute Gasteiger partial charge is 0.272 e. The van der Waals surface area contributed by atoms with E-state index in [1.54, 1.807) is 24.3 Å². The molecule has 59 heavy (non-hydrogen) atoms. The van der Waals surface area contributed by atoms with E-state index in [1.807, 2.05) is 17.0 Å². The number of carbonyl (C=O) groups is 5. The molecule has 0 radical (unpaired) electrons. The summed E-state index contributed by atoms with van der Waals surface area (Å²) in [5, 5.41) is 23.5. The third-order valence-corrected chi connectivity index (χ3v) is 13.2. The molecular weight excluding hydrogens is 781 g/mol. The summed E-state index contributed by atoms with van der Waals surface area (Å²) in [6.07, 6.45) is 5.97. The van der Waals surface area contributed by atoms with Gasteiger partial charge in [0.25, 0.3) is 17.7 Å². The average Bonchev–Trinajstić information content (AvgIpc) is 3.47. The first kappa shape index (κ1) is 38.8. The fourth-order valence-corrected chi connectivity index (χ4v) is 9.81. The van der Waals surface area contributed by atoms with Gasteiger partial charge in [0.05, 0.1) is 33.5 Å². The van der Waals surface area contributed by atoms with Crippen molar-refractivity contribution in [3.8, 4) is 11.8 Å². The van der Waals surface area contributed by atoms with E-state index in [0.717, 1.165) is 81.4 Å². The van der Waals surface area contributed by atoms with Crippen molar-refractivity contribution in [2.45, 2.75) is 88.1 Å². The highest BCUT2D eigenvalue weighted by molar-refractivity contribution is 6.31. The Balaban J connectivity index is 0.725. The molecule has 7 aliphatic rings. The van der Waals surface area contributed by atoms with E-state index in [-0.39, 0.29) is 53.4 Å². The molecule has 1 aromatic heterocycles. The van der Waals surface area contributed by atoms with Gasteiger partial charge >= 0.3 is 0 Å². The zero-order valence-electron chi connectivity index (χ0n) is 32.2. The number of nitrogens with one attached hydrogen (secondary N) is 2. The molecule has 3 atom stereocenters. The maximum Gasteiger partial charge on any atom is 0.272 e. The van der Waals surface area contributed by atoms with Crippen LogP contribution in [0.15, 0.2) is 42.5 Å². The molecule has 17 heteroatoms. The molecule has 2 N–H and O–H groups in total. The summed E-state index contributed by atoms with van der Waals surface area (Å²) >= 11 is 6.15. The number of nitriles is 1. The minimum atomic E-state index is -1.10. The highest BCUT2D eigenvalue weighted by atomic mass is 35.5. The first-order valence-corrected chi connectivity index (χ1v) is 20.7. The Labute approximate surface area is 344 Å². The molecule has 2 aromatic carbocycles. The van der Waals surface area contributed by atoms with Gasteiger partial charge in [0.15, 0.2) is 11.5 Å². The average molecular weight is 824 g/mol. The van der Waals surface area contributed by atoms with Crippen LogP contribution < -0.4 is 25.2 Å². The van der Waals surface area contributed by atoms with E-state index in [0.29, 0.717) is 47.4 Å². The fraction of sp³-hybridized carbons (Fsp3) is 0.476. The van der Waals surface area contributed by atoms with Crippen LogP contribution in [0.2, 0.25) is 5.02 Å². The van der Waals surface area contributed by atoms with Gasteiger partial charge in [0.2, 0.25) is 11.8 Å². The predicted octanol–water partition coefficient (Wildman–Crippen LogP) is 3.84. The first-order chi connectivity index (χ1) is 28.5. The molecule has 1 aliphatic carbocycles. The third kappa shape index (κ3) is 7.57. The molecule has 3 unspecified atom stereocenters. The number of fused-ring (bicyclic) bond motifs is 3. The van der Waals surface area contributed by atoms with Crippen LogP contribution in [-0.4, -0.2) is 113 Å². The predicted molar refractivity (Wildman–Crippen MR) is 211 cm³/mol. The number of imide groups is 2. The molecular formula is C42H43ClFN9O6. The second-order valence-electron chi connectivity index (χ2n) is 16.5. The highest BCUT2D eigenvalue weighted by Gasteiger charge is 2.47. The molecule has 10 rings (SSSR count). The SMILES string of the molecule is N#Cc1ccc(OC2CCC(NC(=O)c3ccc(N4CC5CC(C4)N5CC4CCN(c5cc6c(cc5F)C(=O)N(C5CCC(=O)NC5=O)C6=O)CC4)nn3)CC2)cc1Cl. The van der Waals surface area contributed by atoms with E-state index in [4.69, 9.17) is 21.6 Å². The third-order valence-electron chi connectivity index (χ3n) is 12.9. The van der Waals surface area contributed by atoms with E-state index in [9.17, 15) is 24.0 Å². The monoisotopic (exact) mass is 823 g/mol. The van der Waals surface area contributed by atoms with Crippen molar-refractivity contribution in [1.82, 2.24) is 30.6 Å². The van der Waals surface area contributed by atoms with Gasteiger partial charge in [-0.1, -0.05) is 11.6 Å². The van der Waals surface area contributed by atoms with Gasteiger partial charge in [0.1, 0.15) is 23.7 Å². The van der Waals surface area contributed by atoms with Crippen molar-refractivity contribution >= 4 is 52.6 Å². The number of rotatable bonds is 9. The van der Waals surface area contributed by atoms with Crippen LogP contribution >= 0.6 is 11.6 Å². The van der Waals surface area contributed by atoms with E-state index >= 15 is 4.39 Å². The summed E-state index contributed by atoms with van der Waals surface area (Å²) in [6.45, 7) is 3.79. The number of aromatic nitrogens is 2. The topological polar surface area (TPSA) is 181 Å². The van der Waals surface area contributed by atoms with Gasteiger partial charge in [-0.05, 0) is 93.7 Å². The van der Waals surface area contributed by atoms with Crippen molar-refractivity contribution in [2.24, 2.45) is 5.92 Å². The van der Waals surface area contributed by atoms with Gasteiger partial charge in [-0.2, -0.15) is 5.26 Å². The maximum absolute atomic E-state index is 15.5. The number of nitrogens with zero attached hydrogens (tertiary/aromatic N) is 7. The van der Waals surface area contributed by atoms with Gasteiger partial charge in [-0.25, -0.2) is 4.39 Å². The number of anilines is 2. The molecule has 0 spiro atoms. The molecule has 2 bridgehead atoms. The van der Waals surface area contributed by atoms with Gasteiger partial charge in [-0.15, -0.1) is 10.2 Å². The largest absolute Gasteiger partial charge is 0.490 e. The van der Waals surface area contributed by atoms with E-state index in [1.165, 1.54) is 6.07 Å². The number of hydrogen-bond acceptors (Lipinski definition) is 12. The zero-order valence-corrected chi connectivity index (χ0v) is 33.0. The summed E-state index contributed by atoms with van der Waals surface area (Å²) in [7, 11) is 0. The van der Waals surface area contributed by atoms with Crippen LogP contribution in [0.1, 0.15) is 94.6 Å². The maximum atomic E-state index is 15.5. The Hall–Kier alpha value is -5.66. The van der Waals surface area contributed by atoms with E-state index in [2.05, 4.69) is 30.6 Å². The van der Waals surface area contributed by atoms with Crippen LogP contribution in [0.5, 0.6) is 5.75 Å². The Morgan fingerprint density at radius 2 is 1.64 bits per heavy atom. The number of piperazine rings is 1. The molecule has 1 saturated carbocycles. The van der Waals surface area contributed by atoms with Gasteiger partial charge < -0.3 is 19.9 Å². The second-order valence-corrected chi connectivity index (χ2v) is 16.9. The van der Waals surface area contributed by atoms with Gasteiger partial charge in [-0.3, -0.25) is 39.1 Å². The normalized spacial score (nSPS) is 25.9. The molecule has 5 amide bonds. The summed E-state index contributed by atoms with van der Waals surface area (Å²) in [4.78, 5) is 71.2. The minimum absolute atomic E-state index is 0.00561. The number of ether oxygens (including phenoxy) is 1. The lowest BCUT2D eigenvalue weighted by Gasteiger charge is -2.57. The molecule has 6 fully saturated rings. The Morgan fingerprint density at radius 1 is 0.915 bits per heavy atom. The summed E-state index contributed by atoms with van der Waals surface area (Å²) in [5.41, 5.74) is 0.976. The van der Waals surface area contributed by atoms with Crippen molar-refractivity contribution in [2.75, 3.05) is 42.5 Å². The van der Waals surface area contributed by atoms with Crippen LogP contribution in [0, 0.1) is 23.1 Å². The van der Waals surface area contributed by atoms with Crippen molar-refractivity contribution < 1.29 is 33.1 Å². The van der Waals surface area contributed by atoms with Crippen molar-refractivity contribution in [3.05, 3.63) is 75.7 Å². The quantitative estimate of drug-likeness (QED) is 0.298. The van der Waals surface area contributed by atoms with Crippen LogP contribution in [0.4, 0.5) is 15.9 Å². The van der Waals surface area contributed by atoms with E-state index < -0.39 is 35.5 Å². The molecule has 15 nitrogen and oxygen atoms in total. The Morgan fingerprint density at radius 3 is 2.31 bits per heavy atom. The summed E-state index contributed by atoms with van der Waals surface area (Å²) in [6, 6.07) is 12.9. The number of piperidine rings is 3. The number of hydrogen-bond donors (Lipinski definition) is 2. The number of halogens is 2. The zero-order chi connectivity index (χ0) is 40.9. The molecule has 3 aromatic rings. The molecule has 7 heterocycles. The second kappa shape index (κ2) is 15.8. The lowest BCUT2D eigenvalue weighted by atomic mass is 9.84. The Bertz CT molecular complexity index is 2240. The number of benzene rings is 2. The van der Waals surface area contributed by atoms with Crippen molar-refractivity contribution in [3.63, 3.8) is 0 Å². The van der Waals surface area contributed by atoms with Crippen LogP contribution in [0.25, 0.3) is 0 Å². The van der Waals surface area contributed by atoms with Crippen LogP contribution in [0.3, 0.4) is 0 Å². The lowest BCUT2D eigenvalue weighted by molar-refractivity contribution is -0.136. The standard InChI is InChI=1S/C42H43ClFN9O6/c43-32-16-29(4-1-24(32)19-45)59-28-5-2-25(3-6-28)46-39(55)34-7-9-37(49-48-34)51-21-26-15-27(22-51)52(26)20-23-11-13-50(14-12-23)36-18-31-30(17-33(36)44)41(57)53(42(31)58)35-8-10-38(54)47-40(35)56/h1,4,7,9,16-18,23,25-28,35H,2-3,5-6,8,10-15,20-22H2,(H,46,55)(H,47,54,56). The highest BCUT2D eigenvalue weighted by Crippen LogP contribution is 2.38. The minimum Gasteiger partial charge on any atom is -0.490 e. The lowest BCUT2D eigenvalue weighted by Crippen LogP contribution is -2.69. The summed E-state index contributed by atoms with van der Waals surface area (Å²) in [5.74, 6) is -1.54.